The van der Waals surface area contributed by atoms with Gasteiger partial charge in [0, 0.05) is 5.70 Å². The summed E-state index contributed by atoms with van der Waals surface area (Å²) in [4.78, 5) is 0. The van der Waals surface area contributed by atoms with E-state index >= 15 is 0 Å². The summed E-state index contributed by atoms with van der Waals surface area (Å²) in [6.45, 7) is 0. The van der Waals surface area contributed by atoms with Crippen LogP contribution in [0.5, 0.6) is 0 Å². The molecule has 52 valence electrons. The van der Waals surface area contributed by atoms with Crippen LogP contribution < -0.4 is 5.73 Å². The number of hydrogen-bond acceptors (Lipinski definition) is 2. The highest BCUT2D eigenvalue weighted by Gasteiger charge is 2.07. The number of rotatable bonds is 0. The molecule has 10 heavy (non-hydrogen) atoms. The molecule has 0 unspecified atom stereocenters. The number of nitrogens with zero attached hydrogens (tertiary/aromatic N) is 1. The van der Waals surface area contributed by atoms with E-state index in [4.69, 9.17) is 11.0 Å². The summed E-state index contributed by atoms with van der Waals surface area (Å²) in [7, 11) is 0. The van der Waals surface area contributed by atoms with Crippen LogP contribution in [0.4, 0.5) is 0 Å². The summed E-state index contributed by atoms with van der Waals surface area (Å²) < 4.78 is 1.05. The lowest BCUT2D eigenvalue weighted by atomic mass is 10.1. The van der Waals surface area contributed by atoms with Gasteiger partial charge in [0.1, 0.15) is 6.07 Å². The van der Waals surface area contributed by atoms with E-state index in [2.05, 4.69) is 15.9 Å². The molecule has 3 heteroatoms. The van der Waals surface area contributed by atoms with Crippen LogP contribution in [0.2, 0.25) is 0 Å². The van der Waals surface area contributed by atoms with Crippen molar-refractivity contribution in [2.75, 3.05) is 0 Å². The van der Waals surface area contributed by atoms with Gasteiger partial charge in [-0.25, -0.2) is 0 Å². The predicted molar refractivity (Wildman–Crippen MR) is 43.1 cm³/mol. The molecule has 0 aromatic heterocycles. The first-order valence-corrected chi connectivity index (χ1v) is 3.78. The van der Waals surface area contributed by atoms with Crippen LogP contribution >= 0.6 is 15.9 Å². The van der Waals surface area contributed by atoms with Gasteiger partial charge >= 0.3 is 0 Å². The Morgan fingerprint density at radius 2 is 2.30 bits per heavy atom. The highest BCUT2D eigenvalue weighted by atomic mass is 79.9. The number of nitriles is 1. The average molecular weight is 199 g/mol. The Morgan fingerprint density at radius 3 is 2.80 bits per heavy atom. The Hall–Kier alpha value is -0.750. The lowest BCUT2D eigenvalue weighted by Crippen LogP contribution is -2.04. The molecule has 1 aliphatic carbocycles. The number of hydrogen-bond donors (Lipinski definition) is 1. The highest BCUT2D eigenvalue weighted by molar-refractivity contribution is 9.11. The minimum absolute atomic E-state index is 0.595. The van der Waals surface area contributed by atoms with Gasteiger partial charge in [-0.1, -0.05) is 15.9 Å². The van der Waals surface area contributed by atoms with Gasteiger partial charge in [-0.05, 0) is 23.4 Å². The van der Waals surface area contributed by atoms with Gasteiger partial charge in [0.15, 0.2) is 0 Å². The molecule has 0 heterocycles. The van der Waals surface area contributed by atoms with Crippen LogP contribution in [-0.2, 0) is 0 Å². The van der Waals surface area contributed by atoms with E-state index in [0.29, 0.717) is 11.3 Å². The molecule has 0 amide bonds. The molecule has 1 aliphatic rings. The lowest BCUT2D eigenvalue weighted by Gasteiger charge is -2.08. The summed E-state index contributed by atoms with van der Waals surface area (Å²) in [6.07, 6.45) is 3.48. The van der Waals surface area contributed by atoms with Crippen molar-refractivity contribution in [2.24, 2.45) is 5.73 Å². The second-order valence-electron chi connectivity index (χ2n) is 2.14. The first kappa shape index (κ1) is 7.36. The summed E-state index contributed by atoms with van der Waals surface area (Å²) in [5.41, 5.74) is 6.84. The zero-order valence-electron chi connectivity index (χ0n) is 5.39. The maximum atomic E-state index is 8.53. The second kappa shape index (κ2) is 2.89. The van der Waals surface area contributed by atoms with Crippen molar-refractivity contribution >= 4 is 15.9 Å². The van der Waals surface area contributed by atoms with Gasteiger partial charge in [-0.2, -0.15) is 5.26 Å². The van der Waals surface area contributed by atoms with Crippen LogP contribution in [0.3, 0.4) is 0 Å². The van der Waals surface area contributed by atoms with Crippen molar-refractivity contribution in [1.82, 2.24) is 0 Å². The molecule has 2 N–H and O–H groups in total. The Labute approximate surface area is 68.1 Å². The SMILES string of the molecule is N#CC1=C(N)CCC(Br)=C1. The van der Waals surface area contributed by atoms with E-state index in [9.17, 15) is 0 Å². The Bertz CT molecular complexity index is 245. The molecule has 0 spiro atoms. The molecule has 0 fully saturated rings. The molecule has 0 radical (unpaired) electrons. The predicted octanol–water partition coefficient (Wildman–Crippen LogP) is 1.80. The number of halogens is 1. The summed E-state index contributed by atoms with van der Waals surface area (Å²) in [5, 5.41) is 8.53. The summed E-state index contributed by atoms with van der Waals surface area (Å²) in [5.74, 6) is 0. The van der Waals surface area contributed by atoms with Crippen LogP contribution in [0.25, 0.3) is 0 Å². The third-order valence-corrected chi connectivity index (χ3v) is 2.03. The third-order valence-electron chi connectivity index (χ3n) is 1.40. The Balaban J connectivity index is 2.95. The minimum Gasteiger partial charge on any atom is -0.401 e. The van der Waals surface area contributed by atoms with E-state index in [1.54, 1.807) is 6.08 Å². The third kappa shape index (κ3) is 1.39. The molecule has 0 bridgehead atoms. The van der Waals surface area contributed by atoms with Gasteiger partial charge < -0.3 is 5.73 Å². The van der Waals surface area contributed by atoms with Crippen LogP contribution in [0, 0.1) is 11.3 Å². The molecule has 0 aliphatic heterocycles. The first-order chi connectivity index (χ1) is 4.74. The zero-order valence-corrected chi connectivity index (χ0v) is 6.98. The van der Waals surface area contributed by atoms with E-state index in [-0.39, 0.29) is 0 Å². The topological polar surface area (TPSA) is 49.8 Å². The molecule has 0 saturated heterocycles. The summed E-state index contributed by atoms with van der Waals surface area (Å²) >= 11 is 3.32. The van der Waals surface area contributed by atoms with E-state index in [1.807, 2.05) is 6.07 Å². The number of allylic oxidation sites excluding steroid dienone is 4. The molecular formula is C7H7BrN2. The molecular weight excluding hydrogens is 192 g/mol. The summed E-state index contributed by atoms with van der Waals surface area (Å²) in [6, 6.07) is 2.03. The Kier molecular flexibility index (Phi) is 2.13. The van der Waals surface area contributed by atoms with Crippen LogP contribution in [-0.4, -0.2) is 0 Å². The Morgan fingerprint density at radius 1 is 1.60 bits per heavy atom. The zero-order chi connectivity index (χ0) is 7.56. The standard InChI is InChI=1S/C7H7BrN2/c8-6-1-2-7(10)5(3-6)4-9/h3H,1-2,10H2. The average Bonchev–Trinajstić information content (AvgIpc) is 1.94. The van der Waals surface area contributed by atoms with Crippen molar-refractivity contribution in [3.05, 3.63) is 21.8 Å². The molecule has 0 saturated carbocycles. The maximum Gasteiger partial charge on any atom is 0.101 e. The minimum atomic E-state index is 0.595. The fourth-order valence-electron chi connectivity index (χ4n) is 0.814. The van der Waals surface area contributed by atoms with E-state index < -0.39 is 0 Å². The van der Waals surface area contributed by atoms with Crippen molar-refractivity contribution in [2.45, 2.75) is 12.8 Å². The molecule has 0 atom stereocenters. The lowest BCUT2D eigenvalue weighted by molar-refractivity contribution is 0.924. The quantitative estimate of drug-likeness (QED) is 0.646. The van der Waals surface area contributed by atoms with Gasteiger partial charge in [0.25, 0.3) is 0 Å². The molecule has 1 rings (SSSR count). The van der Waals surface area contributed by atoms with Crippen molar-refractivity contribution in [3.63, 3.8) is 0 Å². The van der Waals surface area contributed by atoms with Gasteiger partial charge in [0.2, 0.25) is 0 Å². The van der Waals surface area contributed by atoms with E-state index in [1.165, 1.54) is 0 Å². The van der Waals surface area contributed by atoms with Crippen LogP contribution in [0.15, 0.2) is 21.8 Å². The smallest absolute Gasteiger partial charge is 0.101 e. The van der Waals surface area contributed by atoms with Crippen molar-refractivity contribution < 1.29 is 0 Å². The van der Waals surface area contributed by atoms with Gasteiger partial charge in [-0.3, -0.25) is 0 Å². The fraction of sp³-hybridized carbons (Fsp3) is 0.286. The monoisotopic (exact) mass is 198 g/mol. The van der Waals surface area contributed by atoms with Crippen molar-refractivity contribution in [3.8, 4) is 6.07 Å². The first-order valence-electron chi connectivity index (χ1n) is 2.99. The van der Waals surface area contributed by atoms with Crippen molar-refractivity contribution in [1.29, 1.82) is 5.26 Å². The van der Waals surface area contributed by atoms with E-state index in [0.717, 1.165) is 17.3 Å². The van der Waals surface area contributed by atoms with Gasteiger partial charge in [0.05, 0.1) is 5.57 Å². The largest absolute Gasteiger partial charge is 0.401 e. The van der Waals surface area contributed by atoms with Crippen LogP contribution in [0.1, 0.15) is 12.8 Å². The molecule has 2 nitrogen and oxygen atoms in total. The highest BCUT2D eigenvalue weighted by Crippen LogP contribution is 2.23. The number of nitrogens with two attached hydrogens (primary N) is 1. The van der Waals surface area contributed by atoms with Gasteiger partial charge in [-0.15, -0.1) is 0 Å². The second-order valence-corrected chi connectivity index (χ2v) is 3.16. The maximum absolute atomic E-state index is 8.53. The molecule has 0 aromatic carbocycles. The normalized spacial score (nSPS) is 18.2. The molecule has 0 aromatic rings. The fourth-order valence-corrected chi connectivity index (χ4v) is 1.24.